The second kappa shape index (κ2) is 9.79. The van der Waals surface area contributed by atoms with Crippen LogP contribution in [0.2, 0.25) is 0 Å². The van der Waals surface area contributed by atoms with Gasteiger partial charge in [0.1, 0.15) is 0 Å². The minimum Gasteiger partial charge on any atom is -0.357 e. The molecule has 114 valence electrons. The minimum atomic E-state index is 0. The molecule has 1 rings (SSSR count). The monoisotopic (exact) mass is 391 g/mol. The summed E-state index contributed by atoms with van der Waals surface area (Å²) < 4.78 is 1.93. The molecule has 5 nitrogen and oxygen atoms in total. The highest BCUT2D eigenvalue weighted by atomic mass is 127. The SMILES string of the molecule is C=CCNC(=NCCc1c(C)nn(C)c1C)NCC.I. The van der Waals surface area contributed by atoms with Crippen LogP contribution in [-0.4, -0.2) is 35.4 Å². The van der Waals surface area contributed by atoms with Crippen molar-refractivity contribution >= 4 is 29.9 Å². The molecule has 1 heterocycles. The number of halogens is 1. The number of rotatable bonds is 6. The Morgan fingerprint density at radius 2 is 2.10 bits per heavy atom. The molecule has 20 heavy (non-hydrogen) atoms. The molecule has 0 fully saturated rings. The van der Waals surface area contributed by atoms with Gasteiger partial charge in [-0.2, -0.15) is 5.10 Å². The first-order valence-electron chi connectivity index (χ1n) is 6.72. The van der Waals surface area contributed by atoms with Crippen molar-refractivity contribution in [3.8, 4) is 0 Å². The van der Waals surface area contributed by atoms with Crippen molar-refractivity contribution in [2.24, 2.45) is 12.0 Å². The van der Waals surface area contributed by atoms with Crippen LogP contribution in [0, 0.1) is 13.8 Å². The van der Waals surface area contributed by atoms with E-state index in [0.717, 1.165) is 37.7 Å². The molecule has 0 aromatic carbocycles. The first kappa shape index (κ1) is 18.9. The highest BCUT2D eigenvalue weighted by molar-refractivity contribution is 14.0. The number of aliphatic imine (C=N–C) groups is 1. The van der Waals surface area contributed by atoms with E-state index in [1.807, 2.05) is 24.7 Å². The van der Waals surface area contributed by atoms with Crippen LogP contribution in [0.1, 0.15) is 23.9 Å². The summed E-state index contributed by atoms with van der Waals surface area (Å²) in [4.78, 5) is 4.55. The second-order valence-electron chi connectivity index (χ2n) is 4.45. The Bertz CT molecular complexity index is 451. The van der Waals surface area contributed by atoms with Crippen LogP contribution >= 0.6 is 24.0 Å². The van der Waals surface area contributed by atoms with Gasteiger partial charge in [-0.05, 0) is 32.8 Å². The molecule has 6 heteroatoms. The van der Waals surface area contributed by atoms with E-state index in [4.69, 9.17) is 0 Å². The van der Waals surface area contributed by atoms with Gasteiger partial charge in [0.05, 0.1) is 5.69 Å². The van der Waals surface area contributed by atoms with Gasteiger partial charge in [-0.3, -0.25) is 9.67 Å². The topological polar surface area (TPSA) is 54.2 Å². The van der Waals surface area contributed by atoms with Gasteiger partial charge in [0.15, 0.2) is 5.96 Å². The molecule has 0 saturated carbocycles. The van der Waals surface area contributed by atoms with Gasteiger partial charge in [-0.25, -0.2) is 0 Å². The van der Waals surface area contributed by atoms with E-state index < -0.39 is 0 Å². The third kappa shape index (κ3) is 5.52. The molecular weight excluding hydrogens is 365 g/mol. The van der Waals surface area contributed by atoms with E-state index >= 15 is 0 Å². The van der Waals surface area contributed by atoms with Crippen molar-refractivity contribution < 1.29 is 0 Å². The lowest BCUT2D eigenvalue weighted by Crippen LogP contribution is -2.37. The van der Waals surface area contributed by atoms with Crippen LogP contribution in [0.3, 0.4) is 0 Å². The Morgan fingerprint density at radius 3 is 2.60 bits per heavy atom. The Labute approximate surface area is 139 Å². The van der Waals surface area contributed by atoms with Crippen molar-refractivity contribution in [1.29, 1.82) is 0 Å². The molecule has 1 aromatic heterocycles. The Hall–Kier alpha value is -1.05. The number of hydrogen-bond donors (Lipinski definition) is 2. The highest BCUT2D eigenvalue weighted by Gasteiger charge is 2.08. The van der Waals surface area contributed by atoms with Crippen molar-refractivity contribution in [2.45, 2.75) is 27.2 Å². The molecule has 0 unspecified atom stereocenters. The maximum atomic E-state index is 4.55. The summed E-state index contributed by atoms with van der Waals surface area (Å²) in [6, 6.07) is 0. The van der Waals surface area contributed by atoms with Gasteiger partial charge in [0.25, 0.3) is 0 Å². The molecular formula is C14H26IN5. The van der Waals surface area contributed by atoms with E-state index in [-0.39, 0.29) is 24.0 Å². The molecule has 2 N–H and O–H groups in total. The van der Waals surface area contributed by atoms with Crippen LogP contribution in [0.25, 0.3) is 0 Å². The highest BCUT2D eigenvalue weighted by Crippen LogP contribution is 2.12. The van der Waals surface area contributed by atoms with Crippen LogP contribution in [0.5, 0.6) is 0 Å². The van der Waals surface area contributed by atoms with E-state index in [2.05, 4.69) is 41.2 Å². The number of nitrogens with one attached hydrogen (secondary N) is 2. The van der Waals surface area contributed by atoms with Crippen LogP contribution in [0.15, 0.2) is 17.6 Å². The normalized spacial score (nSPS) is 10.9. The van der Waals surface area contributed by atoms with Crippen molar-refractivity contribution in [3.63, 3.8) is 0 Å². The first-order valence-corrected chi connectivity index (χ1v) is 6.72. The molecule has 0 aliphatic carbocycles. The summed E-state index contributed by atoms with van der Waals surface area (Å²) >= 11 is 0. The third-order valence-corrected chi connectivity index (χ3v) is 3.05. The largest absolute Gasteiger partial charge is 0.357 e. The maximum absolute atomic E-state index is 4.55. The predicted octanol–water partition coefficient (Wildman–Crippen LogP) is 1.94. The smallest absolute Gasteiger partial charge is 0.191 e. The molecule has 0 atom stereocenters. The summed E-state index contributed by atoms with van der Waals surface area (Å²) in [6.07, 6.45) is 2.73. The molecule has 0 aliphatic heterocycles. The standard InChI is InChI=1S/C14H25N5.HI/c1-6-9-16-14(15-7-2)17-10-8-13-11(3)18-19(5)12(13)4;/h6H,1,7-10H2,2-5H3,(H2,15,16,17);1H. The van der Waals surface area contributed by atoms with E-state index in [9.17, 15) is 0 Å². The van der Waals surface area contributed by atoms with Crippen molar-refractivity contribution in [2.75, 3.05) is 19.6 Å². The molecule has 0 saturated heterocycles. The van der Waals surface area contributed by atoms with Gasteiger partial charge in [0, 0.05) is 32.4 Å². The summed E-state index contributed by atoms with van der Waals surface area (Å²) in [5, 5.41) is 10.8. The van der Waals surface area contributed by atoms with E-state index in [1.54, 1.807) is 0 Å². The second-order valence-corrected chi connectivity index (χ2v) is 4.45. The molecule has 0 aliphatic rings. The average molecular weight is 391 g/mol. The molecule has 0 bridgehead atoms. The van der Waals surface area contributed by atoms with Crippen LogP contribution in [0.4, 0.5) is 0 Å². The zero-order valence-corrected chi connectivity index (χ0v) is 15.2. The fraction of sp³-hybridized carbons (Fsp3) is 0.571. The number of aryl methyl sites for hydroxylation is 2. The summed E-state index contributed by atoms with van der Waals surface area (Å²) in [5.41, 5.74) is 3.61. The number of guanidine groups is 1. The zero-order chi connectivity index (χ0) is 14.3. The number of nitrogens with zero attached hydrogens (tertiary/aromatic N) is 3. The van der Waals surface area contributed by atoms with Gasteiger partial charge in [-0.15, -0.1) is 30.6 Å². The molecule has 0 spiro atoms. The summed E-state index contributed by atoms with van der Waals surface area (Å²) in [5.74, 6) is 0.835. The van der Waals surface area contributed by atoms with Crippen molar-refractivity contribution in [1.82, 2.24) is 20.4 Å². The van der Waals surface area contributed by atoms with Crippen LogP contribution < -0.4 is 10.6 Å². The fourth-order valence-electron chi connectivity index (χ4n) is 1.97. The third-order valence-electron chi connectivity index (χ3n) is 3.05. The number of hydrogen-bond acceptors (Lipinski definition) is 2. The van der Waals surface area contributed by atoms with Gasteiger partial charge in [-0.1, -0.05) is 6.08 Å². The predicted molar refractivity (Wildman–Crippen MR) is 96.0 cm³/mol. The van der Waals surface area contributed by atoms with Crippen LogP contribution in [-0.2, 0) is 13.5 Å². The zero-order valence-electron chi connectivity index (χ0n) is 12.9. The molecule has 0 radical (unpaired) electrons. The lowest BCUT2D eigenvalue weighted by molar-refractivity contribution is 0.729. The molecule has 1 aromatic rings. The maximum Gasteiger partial charge on any atom is 0.191 e. The van der Waals surface area contributed by atoms with E-state index in [0.29, 0.717) is 0 Å². The van der Waals surface area contributed by atoms with Gasteiger partial charge >= 0.3 is 0 Å². The van der Waals surface area contributed by atoms with E-state index in [1.165, 1.54) is 11.3 Å². The quantitative estimate of drug-likeness (QED) is 0.337. The Morgan fingerprint density at radius 1 is 1.40 bits per heavy atom. The molecule has 0 amide bonds. The lowest BCUT2D eigenvalue weighted by Gasteiger charge is -2.09. The van der Waals surface area contributed by atoms with Gasteiger partial charge in [0.2, 0.25) is 0 Å². The fourth-order valence-corrected chi connectivity index (χ4v) is 1.97. The summed E-state index contributed by atoms with van der Waals surface area (Å²) in [6.45, 7) is 12.2. The Balaban J connectivity index is 0.00000361. The van der Waals surface area contributed by atoms with Crippen molar-refractivity contribution in [3.05, 3.63) is 29.6 Å². The number of aromatic nitrogens is 2. The average Bonchev–Trinajstić information content (AvgIpc) is 2.62. The first-order chi connectivity index (χ1) is 9.10. The minimum absolute atomic E-state index is 0. The Kier molecular flexibility index (Phi) is 9.28. The lowest BCUT2D eigenvalue weighted by atomic mass is 10.1. The summed E-state index contributed by atoms with van der Waals surface area (Å²) in [7, 11) is 1.98. The van der Waals surface area contributed by atoms with Gasteiger partial charge < -0.3 is 10.6 Å².